The van der Waals surface area contributed by atoms with Gasteiger partial charge >= 0.3 is 0 Å². The Morgan fingerprint density at radius 1 is 1.06 bits per heavy atom. The highest BCUT2D eigenvalue weighted by molar-refractivity contribution is 6.30. The minimum atomic E-state index is 0.299. The van der Waals surface area contributed by atoms with Crippen LogP contribution in [-0.4, -0.2) is 7.05 Å². The lowest BCUT2D eigenvalue weighted by Gasteiger charge is -2.12. The zero-order valence-electron chi connectivity index (χ0n) is 10.5. The summed E-state index contributed by atoms with van der Waals surface area (Å²) in [6, 6.07) is 15.7. The Morgan fingerprint density at radius 2 is 1.72 bits per heavy atom. The van der Waals surface area contributed by atoms with Crippen molar-refractivity contribution in [2.24, 2.45) is 0 Å². The Morgan fingerprint density at radius 3 is 2.39 bits per heavy atom. The van der Waals surface area contributed by atoms with Crippen molar-refractivity contribution in [1.82, 2.24) is 5.32 Å². The second-order valence-corrected chi connectivity index (χ2v) is 4.58. The summed E-state index contributed by atoms with van der Waals surface area (Å²) in [6.45, 7) is 2.11. The molecule has 0 amide bonds. The fraction of sp³-hybridized carbons (Fsp3) is 0.200. The third-order valence-electron chi connectivity index (χ3n) is 2.82. The van der Waals surface area contributed by atoms with E-state index in [0.717, 1.165) is 11.5 Å². The zero-order valence-corrected chi connectivity index (χ0v) is 11.2. The van der Waals surface area contributed by atoms with Gasteiger partial charge in [0, 0.05) is 11.1 Å². The summed E-state index contributed by atoms with van der Waals surface area (Å²) in [5.41, 5.74) is 1.19. The van der Waals surface area contributed by atoms with Crippen LogP contribution in [0.3, 0.4) is 0 Å². The number of benzene rings is 2. The van der Waals surface area contributed by atoms with Crippen molar-refractivity contribution < 1.29 is 4.74 Å². The van der Waals surface area contributed by atoms with Crippen molar-refractivity contribution in [3.05, 3.63) is 59.1 Å². The van der Waals surface area contributed by atoms with Crippen molar-refractivity contribution in [3.8, 4) is 11.5 Å². The maximum absolute atomic E-state index is 5.93. The molecule has 0 radical (unpaired) electrons. The smallest absolute Gasteiger partial charge is 0.128 e. The van der Waals surface area contributed by atoms with Gasteiger partial charge in [0.25, 0.3) is 0 Å². The van der Waals surface area contributed by atoms with Crippen LogP contribution in [0.2, 0.25) is 5.02 Å². The van der Waals surface area contributed by atoms with E-state index in [2.05, 4.69) is 18.3 Å². The largest absolute Gasteiger partial charge is 0.457 e. The first kappa shape index (κ1) is 12.9. The normalized spacial score (nSPS) is 12.2. The van der Waals surface area contributed by atoms with E-state index < -0.39 is 0 Å². The molecule has 1 unspecified atom stereocenters. The van der Waals surface area contributed by atoms with E-state index in [9.17, 15) is 0 Å². The molecule has 2 nitrogen and oxygen atoms in total. The molecule has 0 heterocycles. The SMILES string of the molecule is CNC(C)c1cccc(Oc2cccc(Cl)c2)c1. The number of nitrogens with one attached hydrogen (secondary N) is 1. The summed E-state index contributed by atoms with van der Waals surface area (Å²) in [4.78, 5) is 0. The summed E-state index contributed by atoms with van der Waals surface area (Å²) in [6.07, 6.45) is 0. The van der Waals surface area contributed by atoms with E-state index in [4.69, 9.17) is 16.3 Å². The molecule has 2 aromatic rings. The highest BCUT2D eigenvalue weighted by Gasteiger charge is 2.04. The third kappa shape index (κ3) is 3.25. The fourth-order valence-electron chi connectivity index (χ4n) is 1.68. The standard InChI is InChI=1S/C15H16ClNO/c1-11(17-2)12-5-3-7-14(9-12)18-15-8-4-6-13(16)10-15/h3-11,17H,1-2H3. The van der Waals surface area contributed by atoms with Gasteiger partial charge in [-0.15, -0.1) is 0 Å². The van der Waals surface area contributed by atoms with Crippen LogP contribution in [0.4, 0.5) is 0 Å². The molecule has 0 saturated carbocycles. The molecule has 1 N–H and O–H groups in total. The lowest BCUT2D eigenvalue weighted by atomic mass is 10.1. The molecule has 1 atom stereocenters. The molecule has 0 saturated heterocycles. The van der Waals surface area contributed by atoms with Gasteiger partial charge in [0.2, 0.25) is 0 Å². The molecule has 3 heteroatoms. The average molecular weight is 262 g/mol. The first-order valence-electron chi connectivity index (χ1n) is 5.89. The Labute approximate surface area is 113 Å². The monoisotopic (exact) mass is 261 g/mol. The van der Waals surface area contributed by atoms with Gasteiger partial charge in [-0.25, -0.2) is 0 Å². The van der Waals surface area contributed by atoms with Gasteiger partial charge in [0.05, 0.1) is 0 Å². The van der Waals surface area contributed by atoms with E-state index in [1.165, 1.54) is 5.56 Å². The van der Waals surface area contributed by atoms with Gasteiger partial charge in [-0.05, 0) is 49.9 Å². The van der Waals surface area contributed by atoms with Crippen LogP contribution in [0.15, 0.2) is 48.5 Å². The first-order chi connectivity index (χ1) is 8.69. The molecule has 2 aromatic carbocycles. The molecule has 0 aliphatic heterocycles. The number of halogens is 1. The molecule has 0 aliphatic carbocycles. The van der Waals surface area contributed by atoms with Gasteiger partial charge in [0.1, 0.15) is 11.5 Å². The van der Waals surface area contributed by atoms with Gasteiger partial charge in [0.15, 0.2) is 0 Å². The maximum atomic E-state index is 5.93. The van der Waals surface area contributed by atoms with Crippen LogP contribution in [-0.2, 0) is 0 Å². The molecular weight excluding hydrogens is 246 g/mol. The molecule has 0 spiro atoms. The van der Waals surface area contributed by atoms with E-state index in [1.54, 1.807) is 6.07 Å². The van der Waals surface area contributed by atoms with Gasteiger partial charge in [-0.3, -0.25) is 0 Å². The summed E-state index contributed by atoms with van der Waals surface area (Å²) in [5, 5.41) is 3.88. The van der Waals surface area contributed by atoms with Crippen LogP contribution >= 0.6 is 11.6 Å². The van der Waals surface area contributed by atoms with E-state index in [1.807, 2.05) is 43.4 Å². The molecular formula is C15H16ClNO. The molecule has 2 rings (SSSR count). The van der Waals surface area contributed by atoms with Crippen molar-refractivity contribution in [1.29, 1.82) is 0 Å². The summed E-state index contributed by atoms with van der Waals surface area (Å²) < 4.78 is 5.78. The number of rotatable bonds is 4. The minimum absolute atomic E-state index is 0.299. The lowest BCUT2D eigenvalue weighted by molar-refractivity contribution is 0.480. The molecule has 0 aromatic heterocycles. The summed E-state index contributed by atoms with van der Waals surface area (Å²) in [5.74, 6) is 1.56. The lowest BCUT2D eigenvalue weighted by Crippen LogP contribution is -2.11. The van der Waals surface area contributed by atoms with E-state index in [0.29, 0.717) is 11.1 Å². The molecule has 0 bridgehead atoms. The quantitative estimate of drug-likeness (QED) is 0.880. The molecule has 0 fully saturated rings. The number of hydrogen-bond acceptors (Lipinski definition) is 2. The molecule has 18 heavy (non-hydrogen) atoms. The van der Waals surface area contributed by atoms with Crippen LogP contribution in [0.25, 0.3) is 0 Å². The van der Waals surface area contributed by atoms with Crippen molar-refractivity contribution in [2.45, 2.75) is 13.0 Å². The van der Waals surface area contributed by atoms with Gasteiger partial charge in [-0.1, -0.05) is 29.8 Å². The van der Waals surface area contributed by atoms with Crippen molar-refractivity contribution >= 4 is 11.6 Å². The highest BCUT2D eigenvalue weighted by Crippen LogP contribution is 2.26. The first-order valence-corrected chi connectivity index (χ1v) is 6.27. The van der Waals surface area contributed by atoms with E-state index >= 15 is 0 Å². The molecule has 0 aliphatic rings. The van der Waals surface area contributed by atoms with Gasteiger partial charge in [-0.2, -0.15) is 0 Å². The Kier molecular flexibility index (Phi) is 4.24. The van der Waals surface area contributed by atoms with Crippen LogP contribution in [0.1, 0.15) is 18.5 Å². The summed E-state index contributed by atoms with van der Waals surface area (Å²) in [7, 11) is 1.94. The number of ether oxygens (including phenoxy) is 1. The van der Waals surface area contributed by atoms with Crippen LogP contribution in [0, 0.1) is 0 Å². The predicted octanol–water partition coefficient (Wildman–Crippen LogP) is 4.41. The van der Waals surface area contributed by atoms with E-state index in [-0.39, 0.29) is 0 Å². The third-order valence-corrected chi connectivity index (χ3v) is 3.06. The Balaban J connectivity index is 2.19. The van der Waals surface area contributed by atoms with Crippen LogP contribution < -0.4 is 10.1 Å². The fourth-order valence-corrected chi connectivity index (χ4v) is 1.86. The maximum Gasteiger partial charge on any atom is 0.128 e. The second kappa shape index (κ2) is 5.89. The Hall–Kier alpha value is -1.51. The topological polar surface area (TPSA) is 21.3 Å². The van der Waals surface area contributed by atoms with Crippen molar-refractivity contribution in [3.63, 3.8) is 0 Å². The molecule has 94 valence electrons. The van der Waals surface area contributed by atoms with Gasteiger partial charge < -0.3 is 10.1 Å². The zero-order chi connectivity index (χ0) is 13.0. The predicted molar refractivity (Wildman–Crippen MR) is 75.4 cm³/mol. The highest BCUT2D eigenvalue weighted by atomic mass is 35.5. The van der Waals surface area contributed by atoms with Crippen LogP contribution in [0.5, 0.6) is 11.5 Å². The average Bonchev–Trinajstić information content (AvgIpc) is 2.38. The minimum Gasteiger partial charge on any atom is -0.457 e. The second-order valence-electron chi connectivity index (χ2n) is 4.14. The van der Waals surface area contributed by atoms with Crippen molar-refractivity contribution in [2.75, 3.05) is 7.05 Å². The summed E-state index contributed by atoms with van der Waals surface area (Å²) >= 11 is 5.93. The number of hydrogen-bond donors (Lipinski definition) is 1. The Bertz CT molecular complexity index is 527.